The van der Waals surface area contributed by atoms with Gasteiger partial charge in [-0.05, 0) is 73.5 Å². The van der Waals surface area contributed by atoms with Gasteiger partial charge >= 0.3 is 0 Å². The molecule has 0 atom stereocenters. The molecule has 0 fully saturated rings. The SMILES string of the molecule is CN(C)CCOc1ccc(/C(=C(/CCCO)c2ccccc2)c2ccc(F)cc2F)cc1. The van der Waals surface area contributed by atoms with Crippen LogP contribution in [0.4, 0.5) is 8.78 Å². The Kier molecular flexibility index (Phi) is 8.54. The minimum Gasteiger partial charge on any atom is -0.492 e. The molecule has 0 radical (unpaired) electrons. The Bertz CT molecular complexity index is 1030. The Morgan fingerprint density at radius 2 is 1.62 bits per heavy atom. The lowest BCUT2D eigenvalue weighted by Crippen LogP contribution is -2.19. The van der Waals surface area contributed by atoms with Gasteiger partial charge in [0.15, 0.2) is 0 Å². The van der Waals surface area contributed by atoms with E-state index in [1.807, 2.05) is 73.6 Å². The lowest BCUT2D eigenvalue weighted by molar-refractivity contribution is 0.261. The first-order chi connectivity index (χ1) is 15.5. The summed E-state index contributed by atoms with van der Waals surface area (Å²) in [6.07, 6.45) is 1.08. The second kappa shape index (κ2) is 11.6. The van der Waals surface area contributed by atoms with Gasteiger partial charge in [-0.3, -0.25) is 0 Å². The molecule has 0 amide bonds. The molecule has 3 nitrogen and oxygen atoms in total. The zero-order valence-corrected chi connectivity index (χ0v) is 18.5. The van der Waals surface area contributed by atoms with Crippen molar-refractivity contribution in [3.8, 4) is 5.75 Å². The predicted molar refractivity (Wildman–Crippen MR) is 126 cm³/mol. The monoisotopic (exact) mass is 437 g/mol. The van der Waals surface area contributed by atoms with Crippen molar-refractivity contribution in [2.24, 2.45) is 0 Å². The molecular formula is C27H29F2NO2. The summed E-state index contributed by atoms with van der Waals surface area (Å²) in [4.78, 5) is 2.04. The fraction of sp³-hybridized carbons (Fsp3) is 0.259. The van der Waals surface area contributed by atoms with Crippen LogP contribution < -0.4 is 4.74 Å². The van der Waals surface area contributed by atoms with E-state index >= 15 is 0 Å². The van der Waals surface area contributed by atoms with E-state index in [9.17, 15) is 13.9 Å². The average molecular weight is 438 g/mol. The Morgan fingerprint density at radius 3 is 2.25 bits per heavy atom. The van der Waals surface area contributed by atoms with Crippen molar-refractivity contribution in [1.82, 2.24) is 4.90 Å². The third-order valence-electron chi connectivity index (χ3n) is 5.16. The van der Waals surface area contributed by atoms with Gasteiger partial charge in [0.1, 0.15) is 24.0 Å². The number of benzene rings is 3. The number of hydrogen-bond donors (Lipinski definition) is 1. The van der Waals surface area contributed by atoms with Gasteiger partial charge in [-0.1, -0.05) is 42.5 Å². The highest BCUT2D eigenvalue weighted by Gasteiger charge is 2.18. The lowest BCUT2D eigenvalue weighted by atomic mass is 9.87. The maximum Gasteiger partial charge on any atom is 0.133 e. The smallest absolute Gasteiger partial charge is 0.133 e. The normalized spacial score (nSPS) is 12.1. The topological polar surface area (TPSA) is 32.7 Å². The number of likely N-dealkylation sites (N-methyl/N-ethyl adjacent to an activating group) is 1. The van der Waals surface area contributed by atoms with Gasteiger partial charge in [-0.25, -0.2) is 8.78 Å². The summed E-state index contributed by atoms with van der Waals surface area (Å²) in [6, 6.07) is 20.9. The van der Waals surface area contributed by atoms with Crippen LogP contribution in [0.5, 0.6) is 5.75 Å². The number of rotatable bonds is 10. The Balaban J connectivity index is 2.11. The molecule has 0 aliphatic carbocycles. The molecule has 1 N–H and O–H groups in total. The van der Waals surface area contributed by atoms with Crippen LogP contribution in [0, 0.1) is 11.6 Å². The van der Waals surface area contributed by atoms with E-state index in [0.29, 0.717) is 30.6 Å². The van der Waals surface area contributed by atoms with E-state index in [4.69, 9.17) is 4.74 Å². The van der Waals surface area contributed by atoms with Crippen LogP contribution in [0.1, 0.15) is 29.5 Å². The molecule has 0 spiro atoms. The Labute approximate surface area is 188 Å². The van der Waals surface area contributed by atoms with Gasteiger partial charge in [0.2, 0.25) is 0 Å². The van der Waals surface area contributed by atoms with E-state index in [2.05, 4.69) is 0 Å². The number of aliphatic hydroxyl groups is 1. The molecule has 32 heavy (non-hydrogen) atoms. The molecule has 0 aliphatic heterocycles. The van der Waals surface area contributed by atoms with Crippen molar-refractivity contribution >= 4 is 11.1 Å². The zero-order valence-electron chi connectivity index (χ0n) is 18.5. The number of aliphatic hydroxyl groups excluding tert-OH is 1. The molecule has 0 aromatic heterocycles. The van der Waals surface area contributed by atoms with Crippen molar-refractivity contribution < 1.29 is 18.6 Å². The summed E-state index contributed by atoms with van der Waals surface area (Å²) in [5.41, 5.74) is 3.64. The van der Waals surface area contributed by atoms with Crippen LogP contribution in [0.15, 0.2) is 72.8 Å². The van der Waals surface area contributed by atoms with Crippen LogP contribution in [-0.2, 0) is 0 Å². The molecule has 3 aromatic carbocycles. The molecule has 0 aliphatic rings. The summed E-state index contributed by atoms with van der Waals surface area (Å²) >= 11 is 0. The molecule has 0 bridgehead atoms. The van der Waals surface area contributed by atoms with E-state index < -0.39 is 11.6 Å². The fourth-order valence-electron chi connectivity index (χ4n) is 3.56. The van der Waals surface area contributed by atoms with Gasteiger partial charge in [-0.15, -0.1) is 0 Å². The molecular weight excluding hydrogens is 408 g/mol. The number of nitrogens with zero attached hydrogens (tertiary/aromatic N) is 1. The number of ether oxygens (including phenoxy) is 1. The van der Waals surface area contributed by atoms with Gasteiger partial charge in [0.25, 0.3) is 0 Å². The Hall–Kier alpha value is -3.02. The van der Waals surface area contributed by atoms with E-state index in [1.165, 1.54) is 12.1 Å². The Morgan fingerprint density at radius 1 is 0.906 bits per heavy atom. The summed E-state index contributed by atoms with van der Waals surface area (Å²) in [5.74, 6) is -0.512. The standard InChI is InChI=1S/C27H29F2NO2/c1-30(2)16-18-32-23-13-10-21(11-14-23)27(25-15-12-22(28)19-26(25)29)24(9-6-17-31)20-7-4-3-5-8-20/h3-5,7-8,10-15,19,31H,6,9,16-18H2,1-2H3/b27-24+. The first-order valence-electron chi connectivity index (χ1n) is 10.7. The van der Waals surface area contributed by atoms with Crippen molar-refractivity contribution in [3.63, 3.8) is 0 Å². The van der Waals surface area contributed by atoms with Crippen LogP contribution in [-0.4, -0.2) is 43.9 Å². The van der Waals surface area contributed by atoms with Crippen molar-refractivity contribution in [3.05, 3.63) is 101 Å². The quantitative estimate of drug-likeness (QED) is 0.417. The van der Waals surface area contributed by atoms with Crippen LogP contribution in [0.3, 0.4) is 0 Å². The van der Waals surface area contributed by atoms with Crippen molar-refractivity contribution in [1.29, 1.82) is 0 Å². The second-order valence-corrected chi connectivity index (χ2v) is 7.85. The molecule has 3 aromatic rings. The van der Waals surface area contributed by atoms with Crippen molar-refractivity contribution in [2.75, 3.05) is 33.9 Å². The van der Waals surface area contributed by atoms with Crippen molar-refractivity contribution in [2.45, 2.75) is 12.8 Å². The lowest BCUT2D eigenvalue weighted by Gasteiger charge is -2.18. The second-order valence-electron chi connectivity index (χ2n) is 7.85. The maximum atomic E-state index is 15.0. The maximum absolute atomic E-state index is 15.0. The third kappa shape index (κ3) is 6.25. The summed E-state index contributed by atoms with van der Waals surface area (Å²) in [7, 11) is 3.97. The van der Waals surface area contributed by atoms with Gasteiger partial charge in [0.05, 0.1) is 0 Å². The number of hydrogen-bond acceptors (Lipinski definition) is 3. The van der Waals surface area contributed by atoms with Crippen LogP contribution in [0.2, 0.25) is 0 Å². The molecule has 168 valence electrons. The molecule has 0 unspecified atom stereocenters. The fourth-order valence-corrected chi connectivity index (χ4v) is 3.56. The van der Waals surface area contributed by atoms with E-state index in [1.54, 1.807) is 0 Å². The van der Waals surface area contributed by atoms with Crippen LogP contribution >= 0.6 is 0 Å². The molecule has 0 saturated heterocycles. The number of allylic oxidation sites excluding steroid dienone is 1. The molecule has 3 rings (SSSR count). The van der Waals surface area contributed by atoms with E-state index in [-0.39, 0.29) is 6.61 Å². The minimum absolute atomic E-state index is 0.0220. The highest BCUT2D eigenvalue weighted by atomic mass is 19.1. The van der Waals surface area contributed by atoms with Gasteiger partial charge < -0.3 is 14.7 Å². The zero-order chi connectivity index (χ0) is 22.9. The molecule has 0 heterocycles. The number of halogens is 2. The molecule has 0 saturated carbocycles. The first kappa shape index (κ1) is 23.6. The van der Waals surface area contributed by atoms with Crippen LogP contribution in [0.25, 0.3) is 11.1 Å². The highest BCUT2D eigenvalue weighted by Crippen LogP contribution is 2.37. The summed E-state index contributed by atoms with van der Waals surface area (Å²) in [5, 5.41) is 9.47. The predicted octanol–water partition coefficient (Wildman–Crippen LogP) is 5.64. The largest absolute Gasteiger partial charge is 0.492 e. The third-order valence-corrected chi connectivity index (χ3v) is 5.16. The minimum atomic E-state index is -0.622. The first-order valence-corrected chi connectivity index (χ1v) is 10.7. The highest BCUT2D eigenvalue weighted by molar-refractivity contribution is 5.98. The summed E-state index contributed by atoms with van der Waals surface area (Å²) in [6.45, 7) is 1.38. The van der Waals surface area contributed by atoms with Gasteiger partial charge in [-0.2, -0.15) is 0 Å². The van der Waals surface area contributed by atoms with Gasteiger partial charge in [0, 0.05) is 24.8 Å². The molecule has 5 heteroatoms. The average Bonchev–Trinajstić information content (AvgIpc) is 2.78. The summed E-state index contributed by atoms with van der Waals surface area (Å²) < 4.78 is 34.4. The van der Waals surface area contributed by atoms with E-state index in [0.717, 1.165) is 35.1 Å².